The Morgan fingerprint density at radius 3 is 2.71 bits per heavy atom. The second-order valence-electron chi connectivity index (χ2n) is 4.58. The highest BCUT2D eigenvalue weighted by atomic mass is 16.5. The molecular weight excluding hydrogens is 174 g/mol. The van der Waals surface area contributed by atoms with Gasteiger partial charge in [0.25, 0.3) is 0 Å². The highest BCUT2D eigenvalue weighted by Gasteiger charge is 2.33. The van der Waals surface area contributed by atoms with E-state index >= 15 is 0 Å². The van der Waals surface area contributed by atoms with Crippen LogP contribution in [0.3, 0.4) is 0 Å². The van der Waals surface area contributed by atoms with E-state index in [1.54, 1.807) is 0 Å². The Hall–Kier alpha value is -0.0800. The van der Waals surface area contributed by atoms with Gasteiger partial charge >= 0.3 is 0 Å². The molecule has 0 spiro atoms. The Morgan fingerprint density at radius 1 is 1.29 bits per heavy atom. The normalized spacial score (nSPS) is 27.0. The van der Waals surface area contributed by atoms with Crippen LogP contribution in [0.2, 0.25) is 0 Å². The number of hydrogen-bond acceptors (Lipinski definition) is 2. The van der Waals surface area contributed by atoms with E-state index in [4.69, 9.17) is 4.74 Å². The van der Waals surface area contributed by atoms with Crippen molar-refractivity contribution in [2.24, 2.45) is 5.41 Å². The summed E-state index contributed by atoms with van der Waals surface area (Å²) in [5.74, 6) is 0. The molecule has 0 radical (unpaired) electrons. The van der Waals surface area contributed by atoms with Crippen molar-refractivity contribution >= 4 is 0 Å². The van der Waals surface area contributed by atoms with Gasteiger partial charge in [-0.05, 0) is 25.8 Å². The van der Waals surface area contributed by atoms with Crippen molar-refractivity contribution < 1.29 is 4.74 Å². The molecule has 1 atom stereocenters. The zero-order valence-electron chi connectivity index (χ0n) is 9.77. The van der Waals surface area contributed by atoms with E-state index in [1.807, 2.05) is 0 Å². The fraction of sp³-hybridized carbons (Fsp3) is 1.00. The van der Waals surface area contributed by atoms with Crippen molar-refractivity contribution in [3.05, 3.63) is 0 Å². The molecule has 0 aromatic carbocycles. The zero-order chi connectivity index (χ0) is 10.3. The van der Waals surface area contributed by atoms with Crippen molar-refractivity contribution in [2.45, 2.75) is 46.0 Å². The number of rotatable bonds is 7. The molecule has 1 unspecified atom stereocenters. The van der Waals surface area contributed by atoms with Gasteiger partial charge in [-0.1, -0.05) is 26.7 Å². The molecule has 0 saturated carbocycles. The molecule has 0 bridgehead atoms. The van der Waals surface area contributed by atoms with Crippen molar-refractivity contribution in [1.29, 1.82) is 0 Å². The zero-order valence-corrected chi connectivity index (χ0v) is 9.77. The Labute approximate surface area is 88.4 Å². The summed E-state index contributed by atoms with van der Waals surface area (Å²) in [6.07, 6.45) is 6.46. The van der Waals surface area contributed by atoms with Crippen LogP contribution >= 0.6 is 0 Å². The van der Waals surface area contributed by atoms with Crippen LogP contribution in [0.25, 0.3) is 0 Å². The number of hydrogen-bond donors (Lipinski definition) is 1. The maximum Gasteiger partial charge on any atom is 0.0535 e. The minimum absolute atomic E-state index is 0.463. The predicted molar refractivity (Wildman–Crippen MR) is 60.6 cm³/mol. The Bertz CT molecular complexity index is 141. The van der Waals surface area contributed by atoms with Crippen LogP contribution in [-0.2, 0) is 4.74 Å². The summed E-state index contributed by atoms with van der Waals surface area (Å²) in [4.78, 5) is 0. The third kappa shape index (κ3) is 3.58. The molecule has 0 aliphatic carbocycles. The largest absolute Gasteiger partial charge is 0.381 e. The van der Waals surface area contributed by atoms with E-state index in [9.17, 15) is 0 Å². The monoisotopic (exact) mass is 199 g/mol. The van der Waals surface area contributed by atoms with Gasteiger partial charge in [0.1, 0.15) is 0 Å². The highest BCUT2D eigenvalue weighted by molar-refractivity contribution is 4.85. The van der Waals surface area contributed by atoms with Crippen LogP contribution in [0.4, 0.5) is 0 Å². The quantitative estimate of drug-likeness (QED) is 0.636. The molecule has 14 heavy (non-hydrogen) atoms. The average molecular weight is 199 g/mol. The summed E-state index contributed by atoms with van der Waals surface area (Å²) >= 11 is 0. The number of unbranched alkanes of at least 4 members (excludes halogenated alkanes) is 1. The smallest absolute Gasteiger partial charge is 0.0535 e. The average Bonchev–Trinajstić information content (AvgIpc) is 2.65. The van der Waals surface area contributed by atoms with Crippen LogP contribution in [-0.4, -0.2) is 26.3 Å². The lowest BCUT2D eigenvalue weighted by Gasteiger charge is -2.27. The Balaban J connectivity index is 2.28. The molecule has 0 amide bonds. The number of nitrogens with one attached hydrogen (secondary N) is 1. The van der Waals surface area contributed by atoms with Gasteiger partial charge in [-0.15, -0.1) is 0 Å². The summed E-state index contributed by atoms with van der Waals surface area (Å²) < 4.78 is 5.55. The van der Waals surface area contributed by atoms with Gasteiger partial charge in [-0.25, -0.2) is 0 Å². The first-order valence-electron chi connectivity index (χ1n) is 6.11. The fourth-order valence-electron chi connectivity index (χ4n) is 2.16. The van der Waals surface area contributed by atoms with Crippen molar-refractivity contribution in [2.75, 3.05) is 26.3 Å². The van der Waals surface area contributed by atoms with Gasteiger partial charge in [0, 0.05) is 18.6 Å². The minimum Gasteiger partial charge on any atom is -0.381 e. The summed E-state index contributed by atoms with van der Waals surface area (Å²) in [5, 5.41) is 3.55. The topological polar surface area (TPSA) is 21.3 Å². The molecule has 84 valence electrons. The van der Waals surface area contributed by atoms with Crippen molar-refractivity contribution in [1.82, 2.24) is 5.32 Å². The van der Waals surface area contributed by atoms with Crippen molar-refractivity contribution in [3.8, 4) is 0 Å². The number of ether oxygens (including phenoxy) is 1. The molecule has 2 heteroatoms. The van der Waals surface area contributed by atoms with Gasteiger partial charge in [0.15, 0.2) is 0 Å². The van der Waals surface area contributed by atoms with Crippen LogP contribution < -0.4 is 5.32 Å². The van der Waals surface area contributed by atoms with Crippen LogP contribution in [0.5, 0.6) is 0 Å². The highest BCUT2D eigenvalue weighted by Crippen LogP contribution is 2.33. The van der Waals surface area contributed by atoms with E-state index in [1.165, 1.54) is 32.1 Å². The van der Waals surface area contributed by atoms with Crippen molar-refractivity contribution in [3.63, 3.8) is 0 Å². The van der Waals surface area contributed by atoms with E-state index < -0.39 is 0 Å². The standard InChI is InChI=1S/C12H25NO/c1-3-5-6-12(7-9-14-11-12)10-13-8-4-2/h13H,3-11H2,1-2H3. The Morgan fingerprint density at radius 2 is 2.14 bits per heavy atom. The van der Waals surface area contributed by atoms with Gasteiger partial charge < -0.3 is 10.1 Å². The van der Waals surface area contributed by atoms with Crippen LogP contribution in [0, 0.1) is 5.41 Å². The minimum atomic E-state index is 0.463. The molecule has 1 aliphatic heterocycles. The summed E-state index contributed by atoms with van der Waals surface area (Å²) in [7, 11) is 0. The SMILES string of the molecule is CCCCC1(CNCCC)CCOC1. The maximum absolute atomic E-state index is 5.55. The molecular formula is C12H25NO. The maximum atomic E-state index is 5.55. The van der Waals surface area contributed by atoms with Crippen LogP contribution in [0.1, 0.15) is 46.0 Å². The lowest BCUT2D eigenvalue weighted by molar-refractivity contribution is 0.142. The molecule has 0 aromatic rings. The molecule has 1 saturated heterocycles. The fourth-order valence-corrected chi connectivity index (χ4v) is 2.16. The van der Waals surface area contributed by atoms with Gasteiger partial charge in [0.05, 0.1) is 6.61 Å². The molecule has 1 N–H and O–H groups in total. The predicted octanol–water partition coefficient (Wildman–Crippen LogP) is 2.58. The second kappa shape index (κ2) is 6.41. The second-order valence-corrected chi connectivity index (χ2v) is 4.58. The lowest BCUT2D eigenvalue weighted by atomic mass is 9.82. The van der Waals surface area contributed by atoms with Gasteiger partial charge in [-0.2, -0.15) is 0 Å². The lowest BCUT2D eigenvalue weighted by Crippen LogP contribution is -2.35. The summed E-state index contributed by atoms with van der Waals surface area (Å²) in [6.45, 7) is 8.73. The first kappa shape index (κ1) is 12.0. The molecule has 1 aliphatic rings. The van der Waals surface area contributed by atoms with E-state index in [2.05, 4.69) is 19.2 Å². The van der Waals surface area contributed by atoms with Gasteiger partial charge in [0.2, 0.25) is 0 Å². The van der Waals surface area contributed by atoms with Gasteiger partial charge in [-0.3, -0.25) is 0 Å². The molecule has 1 rings (SSSR count). The molecule has 0 aromatic heterocycles. The third-order valence-electron chi connectivity index (χ3n) is 3.17. The van der Waals surface area contributed by atoms with E-state index in [-0.39, 0.29) is 0 Å². The van der Waals surface area contributed by atoms with Crippen LogP contribution in [0.15, 0.2) is 0 Å². The van der Waals surface area contributed by atoms with E-state index in [0.717, 1.165) is 26.3 Å². The molecule has 1 fully saturated rings. The summed E-state index contributed by atoms with van der Waals surface area (Å²) in [5.41, 5.74) is 0.463. The Kier molecular flexibility index (Phi) is 5.49. The molecule has 1 heterocycles. The first-order chi connectivity index (χ1) is 6.83. The first-order valence-corrected chi connectivity index (χ1v) is 6.11. The summed E-state index contributed by atoms with van der Waals surface area (Å²) in [6, 6.07) is 0. The third-order valence-corrected chi connectivity index (χ3v) is 3.17. The molecule has 2 nitrogen and oxygen atoms in total. The van der Waals surface area contributed by atoms with E-state index in [0.29, 0.717) is 5.41 Å².